The molecule has 1 unspecified atom stereocenters. The number of carbonyl (C=O) groups excluding carboxylic acids is 2. The minimum Gasteiger partial charge on any atom is -0.483 e. The van der Waals surface area contributed by atoms with E-state index in [9.17, 15) is 9.59 Å². The number of ether oxygens (including phenoxy) is 2. The lowest BCUT2D eigenvalue weighted by molar-refractivity contribution is -0.113. The smallest absolute Gasteiger partial charge is 0.340 e. The summed E-state index contributed by atoms with van der Waals surface area (Å²) in [5.41, 5.74) is 1.61. The Hall–Kier alpha value is -2.85. The first-order valence-electron chi connectivity index (χ1n) is 10.7. The SMILES string of the molecule is CCc1ccc(OC(C)c2nnc(SCC(=O)Nc3sc(C)cc3C(=O)OC)n2CC)cc1. The van der Waals surface area contributed by atoms with Crippen LogP contribution in [0.1, 0.15) is 53.5 Å². The Morgan fingerprint density at radius 2 is 1.94 bits per heavy atom. The maximum Gasteiger partial charge on any atom is 0.340 e. The van der Waals surface area contributed by atoms with Crippen molar-refractivity contribution in [3.63, 3.8) is 0 Å². The highest BCUT2D eigenvalue weighted by atomic mass is 32.2. The van der Waals surface area contributed by atoms with Crippen molar-refractivity contribution in [2.24, 2.45) is 0 Å². The molecule has 0 radical (unpaired) electrons. The van der Waals surface area contributed by atoms with Crippen molar-refractivity contribution in [1.82, 2.24) is 14.8 Å². The molecule has 0 bridgehead atoms. The van der Waals surface area contributed by atoms with Gasteiger partial charge < -0.3 is 19.4 Å². The Labute approximate surface area is 201 Å². The zero-order valence-corrected chi connectivity index (χ0v) is 21.0. The highest BCUT2D eigenvalue weighted by molar-refractivity contribution is 7.99. The van der Waals surface area contributed by atoms with Crippen LogP contribution in [0.5, 0.6) is 5.75 Å². The number of esters is 1. The average Bonchev–Trinajstić information content (AvgIpc) is 3.40. The third kappa shape index (κ3) is 6.14. The molecule has 1 N–H and O–H groups in total. The number of hydrogen-bond acceptors (Lipinski definition) is 8. The van der Waals surface area contributed by atoms with Crippen LogP contribution in [-0.2, 0) is 22.5 Å². The molecule has 3 rings (SSSR count). The Bertz CT molecular complexity index is 1110. The molecule has 33 heavy (non-hydrogen) atoms. The number of aryl methyl sites for hydroxylation is 2. The highest BCUT2D eigenvalue weighted by Gasteiger charge is 2.21. The summed E-state index contributed by atoms with van der Waals surface area (Å²) in [6, 6.07) is 9.71. The Kier molecular flexibility index (Phi) is 8.51. The maximum absolute atomic E-state index is 12.5. The summed E-state index contributed by atoms with van der Waals surface area (Å²) in [5, 5.41) is 12.5. The summed E-state index contributed by atoms with van der Waals surface area (Å²) in [5.74, 6) is 0.882. The standard InChI is InChI=1S/C23H28N4O4S2/c1-6-16-8-10-17(11-9-16)31-15(4)20-25-26-23(27(20)7-2)32-13-19(28)24-21-18(22(29)30-5)12-14(3)33-21/h8-12,15H,6-7,13H2,1-5H3,(H,24,28). The summed E-state index contributed by atoms with van der Waals surface area (Å²) < 4.78 is 12.8. The van der Waals surface area contributed by atoms with Gasteiger partial charge in [0, 0.05) is 11.4 Å². The molecule has 2 aromatic heterocycles. The molecule has 0 spiro atoms. The molecule has 1 aromatic carbocycles. The van der Waals surface area contributed by atoms with Crippen molar-refractivity contribution in [2.45, 2.75) is 51.9 Å². The van der Waals surface area contributed by atoms with E-state index in [1.807, 2.05) is 49.6 Å². The van der Waals surface area contributed by atoms with Crippen LogP contribution in [0.25, 0.3) is 0 Å². The second-order valence-electron chi connectivity index (χ2n) is 7.27. The molecule has 8 nitrogen and oxygen atoms in total. The fourth-order valence-corrected chi connectivity index (χ4v) is 4.95. The van der Waals surface area contributed by atoms with Gasteiger partial charge in [0.1, 0.15) is 10.8 Å². The quantitative estimate of drug-likeness (QED) is 0.321. The lowest BCUT2D eigenvalue weighted by Crippen LogP contribution is -2.16. The molecule has 0 saturated heterocycles. The molecular weight excluding hydrogens is 460 g/mol. The largest absolute Gasteiger partial charge is 0.483 e. The number of aromatic nitrogens is 3. The Balaban J connectivity index is 1.64. The number of nitrogens with one attached hydrogen (secondary N) is 1. The van der Waals surface area contributed by atoms with Crippen molar-refractivity contribution >= 4 is 40.0 Å². The van der Waals surface area contributed by atoms with Gasteiger partial charge in [0.05, 0.1) is 18.4 Å². The fourth-order valence-electron chi connectivity index (χ4n) is 3.23. The normalized spacial score (nSPS) is 11.8. The molecule has 1 atom stereocenters. The van der Waals surface area contributed by atoms with Crippen LogP contribution in [0.15, 0.2) is 35.5 Å². The van der Waals surface area contributed by atoms with Crippen molar-refractivity contribution < 1.29 is 19.1 Å². The monoisotopic (exact) mass is 488 g/mol. The van der Waals surface area contributed by atoms with Crippen molar-refractivity contribution in [3.8, 4) is 5.75 Å². The van der Waals surface area contributed by atoms with Gasteiger partial charge in [0.2, 0.25) is 5.91 Å². The van der Waals surface area contributed by atoms with E-state index < -0.39 is 5.97 Å². The van der Waals surface area contributed by atoms with E-state index in [0.717, 1.165) is 17.0 Å². The summed E-state index contributed by atoms with van der Waals surface area (Å²) in [4.78, 5) is 25.4. The fraction of sp³-hybridized carbons (Fsp3) is 0.391. The van der Waals surface area contributed by atoms with Crippen LogP contribution in [0, 0.1) is 6.92 Å². The van der Waals surface area contributed by atoms with Crippen LogP contribution in [0.3, 0.4) is 0 Å². The van der Waals surface area contributed by atoms with Crippen LogP contribution >= 0.6 is 23.1 Å². The van der Waals surface area contributed by atoms with E-state index in [0.29, 0.717) is 28.1 Å². The van der Waals surface area contributed by atoms with Gasteiger partial charge in [-0.15, -0.1) is 21.5 Å². The summed E-state index contributed by atoms with van der Waals surface area (Å²) in [6.45, 7) is 8.55. The van der Waals surface area contributed by atoms with Gasteiger partial charge in [-0.2, -0.15) is 0 Å². The van der Waals surface area contributed by atoms with Gasteiger partial charge in [-0.3, -0.25) is 4.79 Å². The molecule has 0 aliphatic rings. The number of methoxy groups -OCH3 is 1. The average molecular weight is 489 g/mol. The lowest BCUT2D eigenvalue weighted by Gasteiger charge is -2.16. The number of anilines is 1. The molecule has 0 aliphatic carbocycles. The topological polar surface area (TPSA) is 95.3 Å². The van der Waals surface area contributed by atoms with Gasteiger partial charge in [-0.25, -0.2) is 4.79 Å². The van der Waals surface area contributed by atoms with E-state index in [2.05, 4.69) is 22.4 Å². The van der Waals surface area contributed by atoms with Crippen LogP contribution in [-0.4, -0.2) is 39.5 Å². The zero-order valence-electron chi connectivity index (χ0n) is 19.4. The van der Waals surface area contributed by atoms with E-state index >= 15 is 0 Å². The predicted octanol–water partition coefficient (Wildman–Crippen LogP) is 4.89. The number of thioether (sulfide) groups is 1. The maximum atomic E-state index is 12.5. The molecule has 10 heteroatoms. The van der Waals surface area contributed by atoms with E-state index in [4.69, 9.17) is 9.47 Å². The van der Waals surface area contributed by atoms with Crippen LogP contribution < -0.4 is 10.1 Å². The van der Waals surface area contributed by atoms with Gasteiger partial charge in [0.15, 0.2) is 17.1 Å². The minimum absolute atomic E-state index is 0.128. The van der Waals surface area contributed by atoms with Gasteiger partial charge in [0.25, 0.3) is 0 Å². The number of amides is 1. The van der Waals surface area contributed by atoms with Crippen molar-refractivity contribution in [2.75, 3.05) is 18.2 Å². The first kappa shape index (κ1) is 24.8. The molecule has 3 aromatic rings. The zero-order chi connectivity index (χ0) is 24.0. The molecule has 0 aliphatic heterocycles. The second kappa shape index (κ2) is 11.3. The number of rotatable bonds is 10. The third-order valence-electron chi connectivity index (χ3n) is 4.92. The van der Waals surface area contributed by atoms with Crippen LogP contribution in [0.4, 0.5) is 5.00 Å². The van der Waals surface area contributed by atoms with Gasteiger partial charge in [-0.1, -0.05) is 30.8 Å². The number of carbonyl (C=O) groups is 2. The molecule has 2 heterocycles. The van der Waals surface area contributed by atoms with Crippen molar-refractivity contribution in [3.05, 3.63) is 52.2 Å². The molecule has 0 saturated carbocycles. The first-order valence-corrected chi connectivity index (χ1v) is 12.5. The number of nitrogens with zero attached hydrogens (tertiary/aromatic N) is 3. The molecular formula is C23H28N4O4S2. The number of hydrogen-bond donors (Lipinski definition) is 1. The summed E-state index contributed by atoms with van der Waals surface area (Å²) in [7, 11) is 1.32. The number of benzene rings is 1. The molecule has 176 valence electrons. The third-order valence-corrected chi connectivity index (χ3v) is 6.85. The van der Waals surface area contributed by atoms with Gasteiger partial charge in [-0.05, 0) is 51.0 Å². The summed E-state index contributed by atoms with van der Waals surface area (Å²) in [6.07, 6.45) is 0.675. The Morgan fingerprint density at radius 1 is 1.21 bits per heavy atom. The summed E-state index contributed by atoms with van der Waals surface area (Å²) >= 11 is 2.62. The second-order valence-corrected chi connectivity index (χ2v) is 9.47. The van der Waals surface area contributed by atoms with Crippen LogP contribution in [0.2, 0.25) is 0 Å². The number of thiophene rings is 1. The first-order chi connectivity index (χ1) is 15.9. The lowest BCUT2D eigenvalue weighted by atomic mass is 10.2. The predicted molar refractivity (Wildman–Crippen MR) is 130 cm³/mol. The van der Waals surface area contributed by atoms with E-state index in [-0.39, 0.29) is 17.8 Å². The van der Waals surface area contributed by atoms with E-state index in [1.165, 1.54) is 35.8 Å². The van der Waals surface area contributed by atoms with Gasteiger partial charge >= 0.3 is 5.97 Å². The molecule has 1 amide bonds. The minimum atomic E-state index is -0.476. The Morgan fingerprint density at radius 3 is 2.58 bits per heavy atom. The van der Waals surface area contributed by atoms with E-state index in [1.54, 1.807) is 6.07 Å². The van der Waals surface area contributed by atoms with Crippen molar-refractivity contribution in [1.29, 1.82) is 0 Å². The highest BCUT2D eigenvalue weighted by Crippen LogP contribution is 2.29. The molecule has 0 fully saturated rings.